The first-order chi connectivity index (χ1) is 14.3. The summed E-state index contributed by atoms with van der Waals surface area (Å²) in [4.78, 5) is 27.0. The van der Waals surface area contributed by atoms with E-state index < -0.39 is 9.84 Å². The number of likely N-dealkylation sites (tertiary alicyclic amines) is 1. The molecule has 1 heterocycles. The first-order valence-corrected chi connectivity index (χ1v) is 11.9. The molecule has 3 rings (SSSR count). The zero-order valence-electron chi connectivity index (χ0n) is 17.4. The first-order valence-electron chi connectivity index (χ1n) is 10.2. The summed E-state index contributed by atoms with van der Waals surface area (Å²) < 4.78 is 25.0. The fourth-order valence-corrected chi connectivity index (χ4v) is 4.97. The van der Waals surface area contributed by atoms with E-state index >= 15 is 0 Å². The molecule has 1 fully saturated rings. The van der Waals surface area contributed by atoms with E-state index in [-0.39, 0.29) is 34.4 Å². The van der Waals surface area contributed by atoms with Gasteiger partial charge in [0.05, 0.1) is 10.6 Å². The van der Waals surface area contributed by atoms with Crippen molar-refractivity contribution in [3.63, 3.8) is 0 Å². The van der Waals surface area contributed by atoms with Crippen LogP contribution in [0.3, 0.4) is 0 Å². The van der Waals surface area contributed by atoms with Gasteiger partial charge in [-0.25, -0.2) is 8.42 Å². The van der Waals surface area contributed by atoms with E-state index in [0.717, 1.165) is 0 Å². The number of carbonyl (C=O) groups is 2. The number of nitrogens with one attached hydrogen (secondary N) is 1. The average Bonchev–Trinajstić information content (AvgIpc) is 2.74. The SMILES string of the molecule is CC(C)NC(=O)C1CCN(C(=O)c2ccc(CS(=O)(=O)c3ccccc3)cc2)CC1. The number of sulfone groups is 1. The molecule has 0 atom stereocenters. The number of hydrogen-bond acceptors (Lipinski definition) is 4. The Bertz CT molecular complexity index is 978. The largest absolute Gasteiger partial charge is 0.354 e. The van der Waals surface area contributed by atoms with Crippen molar-refractivity contribution in [2.24, 2.45) is 5.92 Å². The number of benzene rings is 2. The Balaban J connectivity index is 1.59. The maximum atomic E-state index is 12.8. The predicted octanol–water partition coefficient (Wildman–Crippen LogP) is 3.04. The Morgan fingerprint density at radius 2 is 1.60 bits per heavy atom. The highest BCUT2D eigenvalue weighted by molar-refractivity contribution is 7.90. The normalized spacial score (nSPS) is 15.2. The van der Waals surface area contributed by atoms with Crippen molar-refractivity contribution >= 4 is 21.7 Å². The van der Waals surface area contributed by atoms with Gasteiger partial charge in [-0.15, -0.1) is 0 Å². The van der Waals surface area contributed by atoms with Crippen molar-refractivity contribution in [1.29, 1.82) is 0 Å². The summed E-state index contributed by atoms with van der Waals surface area (Å²) in [6, 6.07) is 15.2. The molecule has 1 aliphatic rings. The van der Waals surface area contributed by atoms with Crippen molar-refractivity contribution in [3.05, 3.63) is 65.7 Å². The third kappa shape index (κ3) is 5.48. The topological polar surface area (TPSA) is 83.6 Å². The van der Waals surface area contributed by atoms with Crippen molar-refractivity contribution in [2.75, 3.05) is 13.1 Å². The van der Waals surface area contributed by atoms with Crippen molar-refractivity contribution in [1.82, 2.24) is 10.2 Å². The molecule has 6 nitrogen and oxygen atoms in total. The van der Waals surface area contributed by atoms with Crippen LogP contribution >= 0.6 is 0 Å². The van der Waals surface area contributed by atoms with Crippen LogP contribution in [-0.2, 0) is 20.4 Å². The van der Waals surface area contributed by atoms with Gasteiger partial charge in [-0.2, -0.15) is 0 Å². The number of piperidine rings is 1. The molecule has 160 valence electrons. The van der Waals surface area contributed by atoms with Crippen LogP contribution in [0.1, 0.15) is 42.6 Å². The van der Waals surface area contributed by atoms with E-state index in [4.69, 9.17) is 0 Å². The van der Waals surface area contributed by atoms with Crippen LogP contribution in [0, 0.1) is 5.92 Å². The minimum Gasteiger partial charge on any atom is -0.354 e. The van der Waals surface area contributed by atoms with E-state index in [0.29, 0.717) is 37.1 Å². The molecule has 2 aromatic rings. The van der Waals surface area contributed by atoms with Gasteiger partial charge in [-0.1, -0.05) is 30.3 Å². The second-order valence-corrected chi connectivity index (χ2v) is 9.99. The Labute approximate surface area is 178 Å². The highest BCUT2D eigenvalue weighted by atomic mass is 32.2. The Hall–Kier alpha value is -2.67. The Morgan fingerprint density at radius 1 is 1.00 bits per heavy atom. The molecular formula is C23H28N2O4S. The van der Waals surface area contributed by atoms with Crippen LogP contribution in [0.4, 0.5) is 0 Å². The number of hydrogen-bond donors (Lipinski definition) is 1. The minimum atomic E-state index is -3.42. The summed E-state index contributed by atoms with van der Waals surface area (Å²) in [5.41, 5.74) is 1.17. The maximum absolute atomic E-state index is 12.8. The zero-order valence-corrected chi connectivity index (χ0v) is 18.2. The van der Waals surface area contributed by atoms with Gasteiger partial charge in [-0.3, -0.25) is 9.59 Å². The summed E-state index contributed by atoms with van der Waals surface area (Å²) in [6.07, 6.45) is 1.30. The Morgan fingerprint density at radius 3 is 2.17 bits per heavy atom. The van der Waals surface area contributed by atoms with Crippen LogP contribution < -0.4 is 5.32 Å². The summed E-state index contributed by atoms with van der Waals surface area (Å²) in [5.74, 6) is -0.194. The second kappa shape index (κ2) is 9.43. The molecule has 7 heteroatoms. The van der Waals surface area contributed by atoms with Crippen molar-refractivity contribution < 1.29 is 18.0 Å². The third-order valence-corrected chi connectivity index (χ3v) is 6.95. The molecule has 0 aromatic heterocycles. The monoisotopic (exact) mass is 428 g/mol. The lowest BCUT2D eigenvalue weighted by atomic mass is 9.95. The van der Waals surface area contributed by atoms with Crippen LogP contribution in [-0.4, -0.2) is 44.3 Å². The molecule has 0 unspecified atom stereocenters. The minimum absolute atomic E-state index is 0.0537. The van der Waals surface area contributed by atoms with Crippen molar-refractivity contribution in [3.8, 4) is 0 Å². The molecule has 0 radical (unpaired) electrons. The zero-order chi connectivity index (χ0) is 21.7. The molecule has 1 N–H and O–H groups in total. The summed E-state index contributed by atoms with van der Waals surface area (Å²) in [5, 5.41) is 2.93. The molecular weight excluding hydrogens is 400 g/mol. The molecule has 0 aliphatic carbocycles. The van der Waals surface area contributed by atoms with E-state index in [9.17, 15) is 18.0 Å². The van der Waals surface area contributed by atoms with Crippen molar-refractivity contribution in [2.45, 2.75) is 43.4 Å². The third-order valence-electron chi connectivity index (χ3n) is 5.24. The van der Waals surface area contributed by atoms with Gasteiger partial charge in [-0.05, 0) is 56.5 Å². The summed E-state index contributed by atoms with van der Waals surface area (Å²) in [7, 11) is -3.42. The molecule has 30 heavy (non-hydrogen) atoms. The van der Waals surface area contributed by atoms with Gasteiger partial charge < -0.3 is 10.2 Å². The first kappa shape index (κ1) is 22.0. The molecule has 1 saturated heterocycles. The van der Waals surface area contributed by atoms with Gasteiger partial charge in [0.1, 0.15) is 0 Å². The lowest BCUT2D eigenvalue weighted by molar-refractivity contribution is -0.126. The second-order valence-electron chi connectivity index (χ2n) is 8.00. The van der Waals surface area contributed by atoms with Gasteiger partial charge in [0.25, 0.3) is 5.91 Å². The maximum Gasteiger partial charge on any atom is 0.253 e. The number of carbonyl (C=O) groups excluding carboxylic acids is 2. The fraction of sp³-hybridized carbons (Fsp3) is 0.391. The summed E-state index contributed by atoms with van der Waals surface area (Å²) >= 11 is 0. The number of amides is 2. The van der Waals surface area contributed by atoms with E-state index in [1.54, 1.807) is 59.5 Å². The molecule has 0 spiro atoms. The average molecular weight is 429 g/mol. The van der Waals surface area contributed by atoms with Crippen LogP contribution in [0.5, 0.6) is 0 Å². The van der Waals surface area contributed by atoms with Crippen LogP contribution in [0.2, 0.25) is 0 Å². The molecule has 1 aliphatic heterocycles. The molecule has 2 aromatic carbocycles. The predicted molar refractivity (Wildman–Crippen MR) is 116 cm³/mol. The quantitative estimate of drug-likeness (QED) is 0.767. The number of rotatable bonds is 6. The highest BCUT2D eigenvalue weighted by Crippen LogP contribution is 2.21. The lowest BCUT2D eigenvalue weighted by Gasteiger charge is -2.31. The fourth-order valence-electron chi connectivity index (χ4n) is 3.60. The number of nitrogens with zero attached hydrogens (tertiary/aromatic N) is 1. The molecule has 0 saturated carbocycles. The highest BCUT2D eigenvalue weighted by Gasteiger charge is 2.28. The van der Waals surface area contributed by atoms with Gasteiger partial charge in [0.2, 0.25) is 5.91 Å². The summed E-state index contributed by atoms with van der Waals surface area (Å²) in [6.45, 7) is 4.95. The smallest absolute Gasteiger partial charge is 0.253 e. The standard InChI is InChI=1S/C23H28N2O4S/c1-17(2)24-22(26)19-12-14-25(15-13-19)23(27)20-10-8-18(9-11-20)16-30(28,29)21-6-4-3-5-7-21/h3-11,17,19H,12-16H2,1-2H3,(H,24,26). The molecule has 0 bridgehead atoms. The van der Waals surface area contributed by atoms with Gasteiger partial charge in [0, 0.05) is 30.6 Å². The van der Waals surface area contributed by atoms with E-state index in [2.05, 4.69) is 5.32 Å². The van der Waals surface area contributed by atoms with Crippen LogP contribution in [0.15, 0.2) is 59.5 Å². The van der Waals surface area contributed by atoms with Gasteiger partial charge >= 0.3 is 0 Å². The van der Waals surface area contributed by atoms with Gasteiger partial charge in [0.15, 0.2) is 9.84 Å². The lowest BCUT2D eigenvalue weighted by Crippen LogP contribution is -2.44. The van der Waals surface area contributed by atoms with E-state index in [1.807, 2.05) is 13.8 Å². The van der Waals surface area contributed by atoms with E-state index in [1.165, 1.54) is 0 Å². The van der Waals surface area contributed by atoms with Crippen LogP contribution in [0.25, 0.3) is 0 Å². The molecule has 2 amide bonds. The Kier molecular flexibility index (Phi) is 6.92.